The van der Waals surface area contributed by atoms with Gasteiger partial charge in [-0.2, -0.15) is 0 Å². The average Bonchev–Trinajstić information content (AvgIpc) is 3.08. The molecule has 0 saturated carbocycles. The third-order valence-corrected chi connectivity index (χ3v) is 4.22. The van der Waals surface area contributed by atoms with Crippen molar-refractivity contribution in [3.05, 3.63) is 46.7 Å². The average molecular weight is 316 g/mol. The predicted molar refractivity (Wildman–Crippen MR) is 89.6 cm³/mol. The number of furan rings is 1. The summed E-state index contributed by atoms with van der Waals surface area (Å²) in [6, 6.07) is 8.81. The number of hydrogen-bond acceptors (Lipinski definition) is 6. The standard InChI is InChI=1S/C16H20N4O3/c1-17-7-9-19(10-8-17)13-5-6-14(20(21)22)15(12-13)18(2)16-4-3-11-23-16/h3-6,11-12H,7-10H2,1-2H3. The summed E-state index contributed by atoms with van der Waals surface area (Å²) < 4.78 is 5.37. The molecule has 0 N–H and O–H groups in total. The SMILES string of the molecule is CN1CCN(c2ccc([N+](=O)[O-])c(N(C)c3ccco3)c2)CC1. The van der Waals surface area contributed by atoms with Crippen LogP contribution in [0, 0.1) is 10.1 Å². The van der Waals surface area contributed by atoms with E-state index in [2.05, 4.69) is 16.8 Å². The van der Waals surface area contributed by atoms with Crippen LogP contribution in [0.3, 0.4) is 0 Å². The van der Waals surface area contributed by atoms with Crippen LogP contribution < -0.4 is 9.80 Å². The molecular formula is C16H20N4O3. The minimum absolute atomic E-state index is 0.0711. The van der Waals surface area contributed by atoms with Gasteiger partial charge in [-0.05, 0) is 25.2 Å². The van der Waals surface area contributed by atoms with Gasteiger partial charge in [-0.15, -0.1) is 0 Å². The lowest BCUT2D eigenvalue weighted by Gasteiger charge is -2.34. The van der Waals surface area contributed by atoms with Crippen molar-refractivity contribution >= 4 is 22.9 Å². The molecule has 1 saturated heterocycles. The Balaban J connectivity index is 1.95. The second-order valence-corrected chi connectivity index (χ2v) is 5.73. The second-order valence-electron chi connectivity index (χ2n) is 5.73. The molecule has 122 valence electrons. The van der Waals surface area contributed by atoms with Gasteiger partial charge in [-0.1, -0.05) is 0 Å². The number of nitro benzene ring substituents is 1. The van der Waals surface area contributed by atoms with E-state index in [1.54, 1.807) is 36.4 Å². The van der Waals surface area contributed by atoms with Gasteiger partial charge in [0.05, 0.1) is 11.2 Å². The van der Waals surface area contributed by atoms with Gasteiger partial charge in [-0.25, -0.2) is 0 Å². The maximum absolute atomic E-state index is 11.4. The third kappa shape index (κ3) is 3.14. The number of likely N-dealkylation sites (N-methyl/N-ethyl adjacent to an activating group) is 1. The van der Waals surface area contributed by atoms with E-state index in [0.717, 1.165) is 31.9 Å². The molecule has 2 aromatic rings. The number of piperazine rings is 1. The summed E-state index contributed by atoms with van der Waals surface area (Å²) in [7, 11) is 3.87. The molecule has 7 nitrogen and oxygen atoms in total. The van der Waals surface area contributed by atoms with Crippen molar-refractivity contribution in [2.24, 2.45) is 0 Å². The fourth-order valence-electron chi connectivity index (χ4n) is 2.78. The van der Waals surface area contributed by atoms with Gasteiger partial charge in [0.2, 0.25) is 0 Å². The smallest absolute Gasteiger partial charge is 0.293 e. The molecule has 0 unspecified atom stereocenters. The molecule has 1 aliphatic rings. The molecule has 0 spiro atoms. The first-order valence-corrected chi connectivity index (χ1v) is 7.55. The van der Waals surface area contributed by atoms with E-state index in [4.69, 9.17) is 4.42 Å². The second kappa shape index (κ2) is 6.29. The van der Waals surface area contributed by atoms with E-state index in [-0.39, 0.29) is 10.6 Å². The summed E-state index contributed by atoms with van der Waals surface area (Å²) in [5.41, 5.74) is 1.60. The fraction of sp³-hybridized carbons (Fsp3) is 0.375. The molecule has 23 heavy (non-hydrogen) atoms. The normalized spacial score (nSPS) is 15.7. The van der Waals surface area contributed by atoms with Crippen LogP contribution in [0.1, 0.15) is 0 Å². The summed E-state index contributed by atoms with van der Waals surface area (Å²) in [6.07, 6.45) is 1.56. The van der Waals surface area contributed by atoms with Crippen LogP contribution in [-0.2, 0) is 0 Å². The van der Waals surface area contributed by atoms with Crippen molar-refractivity contribution < 1.29 is 9.34 Å². The Hall–Kier alpha value is -2.54. The van der Waals surface area contributed by atoms with Crippen molar-refractivity contribution in [2.75, 3.05) is 50.1 Å². The van der Waals surface area contributed by atoms with Crippen molar-refractivity contribution in [3.8, 4) is 0 Å². The van der Waals surface area contributed by atoms with Gasteiger partial charge in [0.25, 0.3) is 5.69 Å². The Kier molecular flexibility index (Phi) is 4.20. The first-order valence-electron chi connectivity index (χ1n) is 7.55. The number of anilines is 3. The molecule has 7 heteroatoms. The molecule has 1 aromatic heterocycles. The van der Waals surface area contributed by atoms with E-state index >= 15 is 0 Å². The van der Waals surface area contributed by atoms with Crippen LogP contribution in [0.25, 0.3) is 0 Å². The van der Waals surface area contributed by atoms with Crippen LogP contribution in [0.2, 0.25) is 0 Å². The molecule has 0 aliphatic carbocycles. The highest BCUT2D eigenvalue weighted by molar-refractivity contribution is 5.74. The summed E-state index contributed by atoms with van der Waals surface area (Å²) >= 11 is 0. The molecule has 2 heterocycles. The van der Waals surface area contributed by atoms with Crippen LogP contribution >= 0.6 is 0 Å². The zero-order valence-corrected chi connectivity index (χ0v) is 13.3. The Bertz CT molecular complexity index is 679. The molecule has 0 atom stereocenters. The molecule has 0 amide bonds. The van der Waals surface area contributed by atoms with E-state index in [9.17, 15) is 10.1 Å². The van der Waals surface area contributed by atoms with Crippen molar-refractivity contribution in [3.63, 3.8) is 0 Å². The van der Waals surface area contributed by atoms with Gasteiger partial charge in [0.1, 0.15) is 5.69 Å². The van der Waals surface area contributed by atoms with Crippen LogP contribution in [0.5, 0.6) is 0 Å². The lowest BCUT2D eigenvalue weighted by molar-refractivity contribution is -0.384. The number of nitro groups is 1. The number of hydrogen-bond donors (Lipinski definition) is 0. The van der Waals surface area contributed by atoms with E-state index in [1.807, 2.05) is 12.1 Å². The van der Waals surface area contributed by atoms with E-state index in [0.29, 0.717) is 11.6 Å². The lowest BCUT2D eigenvalue weighted by Crippen LogP contribution is -2.44. The first-order chi connectivity index (χ1) is 11.1. The quantitative estimate of drug-likeness (QED) is 0.638. The highest BCUT2D eigenvalue weighted by Gasteiger charge is 2.22. The molecule has 0 radical (unpaired) electrons. The largest absolute Gasteiger partial charge is 0.448 e. The number of nitrogens with zero attached hydrogens (tertiary/aromatic N) is 4. The maximum atomic E-state index is 11.4. The van der Waals surface area contributed by atoms with Gasteiger partial charge in [0.15, 0.2) is 5.88 Å². The van der Waals surface area contributed by atoms with Crippen LogP contribution in [-0.4, -0.2) is 50.1 Å². The lowest BCUT2D eigenvalue weighted by atomic mass is 10.2. The topological polar surface area (TPSA) is 66.0 Å². The molecule has 3 rings (SSSR count). The molecule has 0 bridgehead atoms. The minimum Gasteiger partial charge on any atom is -0.448 e. The minimum atomic E-state index is -0.359. The molecule has 1 aliphatic heterocycles. The number of rotatable bonds is 4. The van der Waals surface area contributed by atoms with Gasteiger partial charge in [0, 0.05) is 51.0 Å². The molecular weight excluding hydrogens is 296 g/mol. The van der Waals surface area contributed by atoms with Crippen LogP contribution in [0.4, 0.5) is 22.9 Å². The zero-order valence-electron chi connectivity index (χ0n) is 13.3. The molecule has 1 fully saturated rings. The van der Waals surface area contributed by atoms with Gasteiger partial charge < -0.3 is 19.1 Å². The fourth-order valence-corrected chi connectivity index (χ4v) is 2.78. The highest BCUT2D eigenvalue weighted by atomic mass is 16.6. The molecule has 1 aromatic carbocycles. The maximum Gasteiger partial charge on any atom is 0.293 e. The zero-order chi connectivity index (χ0) is 16.4. The van der Waals surface area contributed by atoms with Crippen molar-refractivity contribution in [2.45, 2.75) is 0 Å². The van der Waals surface area contributed by atoms with E-state index in [1.165, 1.54) is 0 Å². The van der Waals surface area contributed by atoms with Gasteiger partial charge in [-0.3, -0.25) is 10.1 Å². The van der Waals surface area contributed by atoms with E-state index < -0.39 is 0 Å². The number of benzene rings is 1. The predicted octanol–water partition coefficient (Wildman–Crippen LogP) is 2.71. The Morgan fingerprint density at radius 2 is 1.96 bits per heavy atom. The Morgan fingerprint density at radius 1 is 1.22 bits per heavy atom. The summed E-state index contributed by atoms with van der Waals surface area (Å²) in [5, 5.41) is 11.4. The monoisotopic (exact) mass is 316 g/mol. The van der Waals surface area contributed by atoms with Crippen LogP contribution in [0.15, 0.2) is 41.0 Å². The summed E-state index contributed by atoms with van der Waals surface area (Å²) in [4.78, 5) is 17.2. The van der Waals surface area contributed by atoms with Crippen molar-refractivity contribution in [1.82, 2.24) is 4.90 Å². The van der Waals surface area contributed by atoms with Crippen molar-refractivity contribution in [1.29, 1.82) is 0 Å². The Labute approximate surface area is 134 Å². The third-order valence-electron chi connectivity index (χ3n) is 4.22. The first kappa shape index (κ1) is 15.4. The van der Waals surface area contributed by atoms with Gasteiger partial charge >= 0.3 is 0 Å². The Morgan fingerprint density at radius 3 is 2.57 bits per heavy atom. The summed E-state index contributed by atoms with van der Waals surface area (Å²) in [6.45, 7) is 3.80. The summed E-state index contributed by atoms with van der Waals surface area (Å²) in [5.74, 6) is 0.573. The highest BCUT2D eigenvalue weighted by Crippen LogP contribution is 2.36.